The van der Waals surface area contributed by atoms with Crippen LogP contribution in [0.25, 0.3) is 0 Å². The lowest BCUT2D eigenvalue weighted by atomic mass is 9.67. The van der Waals surface area contributed by atoms with Crippen molar-refractivity contribution < 1.29 is 4.84 Å². The second-order valence-electron chi connectivity index (χ2n) is 10.7. The van der Waals surface area contributed by atoms with Crippen molar-refractivity contribution in [2.24, 2.45) is 5.92 Å². The second kappa shape index (κ2) is 10.2. The average Bonchev–Trinajstić information content (AvgIpc) is 2.86. The van der Waals surface area contributed by atoms with Gasteiger partial charge in [0.15, 0.2) is 0 Å². The Morgan fingerprint density at radius 2 is 1.70 bits per heavy atom. The zero-order valence-corrected chi connectivity index (χ0v) is 23.1. The monoisotopic (exact) mass is 539 g/mol. The fraction of sp³-hybridized carbons (Fsp3) is 0.769. The van der Waals surface area contributed by atoms with Gasteiger partial charge in [-0.25, -0.2) is 0 Å². The van der Waals surface area contributed by atoms with Gasteiger partial charge in [0.1, 0.15) is 8.07 Å². The summed E-state index contributed by atoms with van der Waals surface area (Å²) in [5.41, 5.74) is 6.14. The standard InChI is InChI=1S/C26H42INOSi/c1-20(2)30(21(3)4,22(5)6)19-8-7-14-24-25-15-10-17-26(24)16-9-12-23(13-11-18-27)28(26)29-25/h7,11,14,18,20-25H,9-10,12-13,15-17H2,1-6H3/b14-7-,18-11-/t23-,24+,25-,26+/m0/s1. The van der Waals surface area contributed by atoms with Crippen LogP contribution in [0.3, 0.4) is 0 Å². The van der Waals surface area contributed by atoms with Crippen LogP contribution in [0.2, 0.25) is 16.6 Å². The Hall–Kier alpha value is -0.0931. The Labute approximate surface area is 200 Å². The predicted molar refractivity (Wildman–Crippen MR) is 140 cm³/mol. The molecule has 4 atom stereocenters. The van der Waals surface area contributed by atoms with Crippen molar-refractivity contribution in [3.05, 3.63) is 22.3 Å². The molecule has 2 saturated heterocycles. The quantitative estimate of drug-likeness (QED) is 0.194. The van der Waals surface area contributed by atoms with Crippen LogP contribution in [-0.2, 0) is 4.84 Å². The van der Waals surface area contributed by atoms with E-state index in [-0.39, 0.29) is 5.54 Å². The van der Waals surface area contributed by atoms with Gasteiger partial charge in [-0.1, -0.05) is 82.2 Å². The van der Waals surface area contributed by atoms with Crippen molar-refractivity contribution in [3.63, 3.8) is 0 Å². The summed E-state index contributed by atoms with van der Waals surface area (Å²) in [6.45, 7) is 14.4. The number of rotatable bonds is 6. The highest BCUT2D eigenvalue weighted by molar-refractivity contribution is 14.1. The van der Waals surface area contributed by atoms with E-state index in [1.54, 1.807) is 0 Å². The van der Waals surface area contributed by atoms with E-state index in [0.29, 0.717) is 34.7 Å². The molecular weight excluding hydrogens is 497 g/mol. The molecule has 1 spiro atoms. The molecule has 1 saturated carbocycles. The van der Waals surface area contributed by atoms with Crippen LogP contribution in [-0.4, -0.2) is 30.8 Å². The number of piperidine rings is 1. The first-order valence-corrected chi connectivity index (χ1v) is 15.7. The van der Waals surface area contributed by atoms with Gasteiger partial charge in [-0.2, -0.15) is 5.06 Å². The Morgan fingerprint density at radius 3 is 2.30 bits per heavy atom. The molecule has 30 heavy (non-hydrogen) atoms. The van der Waals surface area contributed by atoms with Crippen LogP contribution < -0.4 is 0 Å². The van der Waals surface area contributed by atoms with Gasteiger partial charge in [-0.15, -0.1) is 5.54 Å². The van der Waals surface area contributed by atoms with E-state index in [0.717, 1.165) is 6.42 Å². The topological polar surface area (TPSA) is 12.5 Å². The van der Waals surface area contributed by atoms with E-state index >= 15 is 0 Å². The maximum atomic E-state index is 6.62. The zero-order valence-electron chi connectivity index (χ0n) is 20.0. The first kappa shape index (κ1) is 24.5. The molecule has 2 nitrogen and oxygen atoms in total. The van der Waals surface area contributed by atoms with Gasteiger partial charge < -0.3 is 0 Å². The molecular formula is C26H42INOSi. The Balaban J connectivity index is 1.84. The summed E-state index contributed by atoms with van der Waals surface area (Å²) in [6, 6.07) is 0.540. The van der Waals surface area contributed by atoms with Gasteiger partial charge in [0, 0.05) is 12.0 Å². The first-order valence-electron chi connectivity index (χ1n) is 12.2. The third-order valence-electron chi connectivity index (χ3n) is 8.32. The minimum atomic E-state index is -1.66. The molecule has 0 aromatic heterocycles. The number of halogens is 1. The van der Waals surface area contributed by atoms with Crippen molar-refractivity contribution >= 4 is 30.7 Å². The molecule has 2 aliphatic heterocycles. The SMILES string of the molecule is CC(C)[Si](C#C/C=C\[C@@H]1[C@@H]2CCC[C@]13CCC[C@@H](C/C=C\I)N3O2)(C(C)C)C(C)C. The van der Waals surface area contributed by atoms with Gasteiger partial charge in [-0.3, -0.25) is 4.84 Å². The largest absolute Gasteiger partial charge is 0.294 e. The number of nitrogens with zero attached hydrogens (tertiary/aromatic N) is 1. The lowest BCUT2D eigenvalue weighted by Crippen LogP contribution is -2.55. The lowest BCUT2D eigenvalue weighted by molar-refractivity contribution is -0.221. The van der Waals surface area contributed by atoms with E-state index in [1.807, 2.05) is 0 Å². The third-order valence-corrected chi connectivity index (χ3v) is 15.1. The highest BCUT2D eigenvalue weighted by atomic mass is 127. The van der Waals surface area contributed by atoms with E-state index in [2.05, 4.69) is 103 Å². The third kappa shape index (κ3) is 4.38. The van der Waals surface area contributed by atoms with Gasteiger partial charge in [0.25, 0.3) is 0 Å². The summed E-state index contributed by atoms with van der Waals surface area (Å²) in [6.07, 6.45) is 16.0. The van der Waals surface area contributed by atoms with Gasteiger partial charge in [0.05, 0.1) is 11.6 Å². The van der Waals surface area contributed by atoms with Crippen LogP contribution in [0, 0.1) is 17.4 Å². The highest BCUT2D eigenvalue weighted by Crippen LogP contribution is 2.54. The van der Waals surface area contributed by atoms with Crippen molar-refractivity contribution in [1.82, 2.24) is 5.06 Å². The summed E-state index contributed by atoms with van der Waals surface area (Å²) in [5.74, 6) is 4.07. The molecule has 168 valence electrons. The number of fused-ring (bicyclic) bond motifs is 1. The summed E-state index contributed by atoms with van der Waals surface area (Å²) in [4.78, 5) is 6.62. The Bertz CT molecular complexity index is 678. The minimum Gasteiger partial charge on any atom is -0.294 e. The number of hydrogen-bond donors (Lipinski definition) is 0. The molecule has 3 fully saturated rings. The molecule has 0 aromatic rings. The van der Waals surface area contributed by atoms with Crippen molar-refractivity contribution in [2.75, 3.05) is 0 Å². The Kier molecular flexibility index (Phi) is 8.37. The molecule has 3 rings (SSSR count). The van der Waals surface area contributed by atoms with E-state index in [9.17, 15) is 0 Å². The summed E-state index contributed by atoms with van der Waals surface area (Å²) < 4.78 is 2.16. The average molecular weight is 540 g/mol. The number of allylic oxidation sites excluding steroid dienone is 1. The molecule has 0 N–H and O–H groups in total. The molecule has 0 amide bonds. The fourth-order valence-electron chi connectivity index (χ4n) is 7.02. The molecule has 2 bridgehead atoms. The maximum Gasteiger partial charge on any atom is 0.146 e. The van der Waals surface area contributed by atoms with Crippen LogP contribution in [0.5, 0.6) is 0 Å². The molecule has 2 heterocycles. The molecule has 0 aromatic carbocycles. The van der Waals surface area contributed by atoms with Crippen molar-refractivity contribution in [1.29, 1.82) is 0 Å². The van der Waals surface area contributed by atoms with Crippen LogP contribution in [0.1, 0.15) is 86.5 Å². The maximum absolute atomic E-state index is 6.62. The van der Waals surface area contributed by atoms with Gasteiger partial charge >= 0.3 is 0 Å². The Morgan fingerprint density at radius 1 is 1.07 bits per heavy atom. The van der Waals surface area contributed by atoms with Gasteiger partial charge in [-0.05, 0) is 71.7 Å². The lowest BCUT2D eigenvalue weighted by Gasteiger charge is -2.48. The highest BCUT2D eigenvalue weighted by Gasteiger charge is 2.58. The summed E-state index contributed by atoms with van der Waals surface area (Å²) in [7, 11) is -1.66. The van der Waals surface area contributed by atoms with E-state index in [1.165, 1.54) is 38.5 Å². The van der Waals surface area contributed by atoms with Crippen LogP contribution in [0.15, 0.2) is 22.3 Å². The van der Waals surface area contributed by atoms with E-state index < -0.39 is 8.07 Å². The second-order valence-corrected chi connectivity index (χ2v) is 17.0. The molecule has 1 aliphatic carbocycles. The van der Waals surface area contributed by atoms with Gasteiger partial charge in [0.2, 0.25) is 0 Å². The van der Waals surface area contributed by atoms with Crippen LogP contribution in [0.4, 0.5) is 0 Å². The summed E-state index contributed by atoms with van der Waals surface area (Å²) in [5, 5.41) is 2.46. The smallest absolute Gasteiger partial charge is 0.146 e. The van der Waals surface area contributed by atoms with E-state index in [4.69, 9.17) is 4.84 Å². The fourth-order valence-corrected chi connectivity index (χ4v) is 12.5. The minimum absolute atomic E-state index is 0.214. The number of hydroxylamine groups is 2. The molecule has 0 radical (unpaired) electrons. The summed E-state index contributed by atoms with van der Waals surface area (Å²) >= 11 is 2.34. The molecule has 4 heteroatoms. The predicted octanol–water partition coefficient (Wildman–Crippen LogP) is 7.81. The van der Waals surface area contributed by atoms with Crippen molar-refractivity contribution in [2.45, 2.75) is 121 Å². The molecule has 0 unspecified atom stereocenters. The van der Waals surface area contributed by atoms with Crippen LogP contribution >= 0.6 is 22.6 Å². The number of hydrogen-bond acceptors (Lipinski definition) is 2. The zero-order chi connectivity index (χ0) is 21.9. The normalized spacial score (nSPS) is 32.4. The van der Waals surface area contributed by atoms with Crippen molar-refractivity contribution in [3.8, 4) is 11.5 Å². The first-order chi connectivity index (χ1) is 14.3. The molecule has 3 aliphatic rings.